The zero-order valence-electron chi connectivity index (χ0n) is 11.7. The number of halogens is 2. The second-order valence-corrected chi connectivity index (χ2v) is 5.88. The normalized spacial score (nSPS) is 16.9. The van der Waals surface area contributed by atoms with Gasteiger partial charge in [-0.15, -0.1) is 0 Å². The minimum atomic E-state index is -0.927. The van der Waals surface area contributed by atoms with Gasteiger partial charge in [-0.1, -0.05) is 13.8 Å². The van der Waals surface area contributed by atoms with Gasteiger partial charge >= 0.3 is 0 Å². The molecule has 2 heterocycles. The zero-order valence-corrected chi connectivity index (χ0v) is 11.7. The van der Waals surface area contributed by atoms with E-state index in [0.29, 0.717) is 24.7 Å². The van der Waals surface area contributed by atoms with Crippen LogP contribution in [-0.4, -0.2) is 20.7 Å². The Bertz CT molecular complexity index is 750. The highest BCUT2D eigenvalue weighted by Gasteiger charge is 2.35. The number of fused-ring (bicyclic) bond motifs is 1. The summed E-state index contributed by atoms with van der Waals surface area (Å²) in [6.45, 7) is 4.26. The number of aromatic hydroxyl groups is 1. The molecule has 0 fully saturated rings. The van der Waals surface area contributed by atoms with Gasteiger partial charge in [-0.2, -0.15) is 5.10 Å². The van der Waals surface area contributed by atoms with Crippen molar-refractivity contribution in [1.29, 1.82) is 0 Å². The molecule has 0 saturated heterocycles. The van der Waals surface area contributed by atoms with Crippen molar-refractivity contribution < 1.29 is 18.7 Å². The van der Waals surface area contributed by atoms with Gasteiger partial charge in [-0.3, -0.25) is 9.48 Å². The van der Waals surface area contributed by atoms with Gasteiger partial charge in [0.05, 0.1) is 5.69 Å². The number of carbonyl (C=O) groups excluding carboxylic acids is 1. The van der Waals surface area contributed by atoms with Crippen molar-refractivity contribution in [2.75, 3.05) is 0 Å². The lowest BCUT2D eigenvalue weighted by Gasteiger charge is -2.27. The largest absolute Gasteiger partial charge is 0.505 e. The average molecular weight is 292 g/mol. The van der Waals surface area contributed by atoms with Gasteiger partial charge in [0, 0.05) is 23.6 Å². The first-order chi connectivity index (χ1) is 9.79. The molecule has 3 rings (SSSR count). The number of aryl methyl sites for hydroxylation is 1. The average Bonchev–Trinajstić information content (AvgIpc) is 2.83. The van der Waals surface area contributed by atoms with Crippen LogP contribution in [0.3, 0.4) is 0 Å². The van der Waals surface area contributed by atoms with E-state index in [4.69, 9.17) is 5.11 Å². The number of rotatable bonds is 1. The topological polar surface area (TPSA) is 55.1 Å². The van der Waals surface area contributed by atoms with Crippen LogP contribution < -0.4 is 0 Å². The minimum Gasteiger partial charge on any atom is -0.505 e. The van der Waals surface area contributed by atoms with Crippen LogP contribution in [0, 0.1) is 17.0 Å². The molecule has 0 amide bonds. The van der Waals surface area contributed by atoms with E-state index in [1.165, 1.54) is 10.7 Å². The third-order valence-corrected chi connectivity index (χ3v) is 3.89. The summed E-state index contributed by atoms with van der Waals surface area (Å²) < 4.78 is 28.8. The molecule has 2 aromatic rings. The number of phenolic OH excluding ortho intramolecular Hbond substituents is 1. The molecule has 1 aliphatic rings. The Morgan fingerprint density at radius 2 is 1.95 bits per heavy atom. The van der Waals surface area contributed by atoms with E-state index in [0.717, 1.165) is 6.07 Å². The lowest BCUT2D eigenvalue weighted by molar-refractivity contribution is 0.0772. The first-order valence-electron chi connectivity index (χ1n) is 6.60. The van der Waals surface area contributed by atoms with Crippen molar-refractivity contribution in [3.05, 3.63) is 35.5 Å². The molecule has 0 aliphatic carbocycles. The molecule has 6 heteroatoms. The summed E-state index contributed by atoms with van der Waals surface area (Å²) >= 11 is 0. The molecule has 0 atom stereocenters. The maximum absolute atomic E-state index is 13.9. The molecule has 0 saturated carbocycles. The molecule has 110 valence electrons. The van der Waals surface area contributed by atoms with E-state index in [-0.39, 0.29) is 17.0 Å². The highest BCUT2D eigenvalue weighted by Crippen LogP contribution is 2.34. The third kappa shape index (κ3) is 2.11. The maximum atomic E-state index is 13.9. The van der Waals surface area contributed by atoms with Crippen LogP contribution in [-0.2, 0) is 6.54 Å². The quantitative estimate of drug-likeness (QED) is 0.878. The van der Waals surface area contributed by atoms with Gasteiger partial charge in [0.1, 0.15) is 11.5 Å². The van der Waals surface area contributed by atoms with Crippen LogP contribution in [0.25, 0.3) is 11.3 Å². The second-order valence-electron chi connectivity index (χ2n) is 5.88. The maximum Gasteiger partial charge on any atom is 0.186 e. The molecule has 21 heavy (non-hydrogen) atoms. The van der Waals surface area contributed by atoms with Crippen molar-refractivity contribution in [1.82, 2.24) is 9.78 Å². The smallest absolute Gasteiger partial charge is 0.186 e. The zero-order chi connectivity index (χ0) is 15.4. The number of nitrogens with zero attached hydrogens (tertiary/aromatic N) is 2. The summed E-state index contributed by atoms with van der Waals surface area (Å²) in [5.74, 6) is -2.52. The van der Waals surface area contributed by atoms with Crippen LogP contribution in [0.2, 0.25) is 0 Å². The molecular weight excluding hydrogens is 278 g/mol. The van der Waals surface area contributed by atoms with Crippen molar-refractivity contribution in [2.45, 2.75) is 26.8 Å². The lowest BCUT2D eigenvalue weighted by atomic mass is 9.81. The van der Waals surface area contributed by atoms with Crippen LogP contribution in [0.4, 0.5) is 8.78 Å². The minimum absolute atomic E-state index is 0.0628. The predicted octanol–water partition coefficient (Wildman–Crippen LogP) is 3.15. The molecule has 1 aliphatic heterocycles. The van der Waals surface area contributed by atoms with E-state index in [9.17, 15) is 13.6 Å². The molecule has 0 bridgehead atoms. The first-order valence-corrected chi connectivity index (χ1v) is 6.60. The van der Waals surface area contributed by atoms with Crippen molar-refractivity contribution in [2.24, 2.45) is 5.41 Å². The Hall–Kier alpha value is -2.24. The SMILES string of the molecule is CC1(C)CCn2nc(-c3cc(F)c(O)cc3F)cc2C1=O. The Morgan fingerprint density at radius 1 is 1.24 bits per heavy atom. The predicted molar refractivity (Wildman–Crippen MR) is 72.0 cm³/mol. The standard InChI is InChI=1S/C15H14F2N2O2/c1-15(2)3-4-19-12(14(15)21)7-11(18-19)8-5-10(17)13(20)6-9(8)16/h5-7,20H,3-4H2,1-2H3. The fourth-order valence-electron chi connectivity index (χ4n) is 2.48. The number of carbonyl (C=O) groups is 1. The van der Waals surface area contributed by atoms with Crippen LogP contribution in [0.1, 0.15) is 30.8 Å². The second kappa shape index (κ2) is 4.38. The van der Waals surface area contributed by atoms with Gasteiger partial charge in [-0.25, -0.2) is 8.78 Å². The monoisotopic (exact) mass is 292 g/mol. The van der Waals surface area contributed by atoms with Crippen LogP contribution in [0.5, 0.6) is 5.75 Å². The van der Waals surface area contributed by atoms with Gasteiger partial charge in [0.2, 0.25) is 0 Å². The van der Waals surface area contributed by atoms with Crippen LogP contribution >= 0.6 is 0 Å². The molecule has 0 radical (unpaired) electrons. The number of benzene rings is 1. The summed E-state index contributed by atoms with van der Waals surface area (Å²) in [5.41, 5.74) is 0.0332. The summed E-state index contributed by atoms with van der Waals surface area (Å²) in [6, 6.07) is 3.06. The van der Waals surface area contributed by atoms with E-state index in [2.05, 4.69) is 5.10 Å². The van der Waals surface area contributed by atoms with Gasteiger partial charge in [0.25, 0.3) is 0 Å². The summed E-state index contributed by atoms with van der Waals surface area (Å²) in [4.78, 5) is 12.3. The van der Waals surface area contributed by atoms with Crippen molar-refractivity contribution in [3.8, 4) is 17.0 Å². The van der Waals surface area contributed by atoms with Gasteiger partial charge in [-0.05, 0) is 18.6 Å². The molecular formula is C15H14F2N2O2. The fourth-order valence-corrected chi connectivity index (χ4v) is 2.48. The highest BCUT2D eigenvalue weighted by molar-refractivity contribution is 6.00. The summed E-state index contributed by atoms with van der Waals surface area (Å²) in [6.07, 6.45) is 0.645. The number of ketones is 1. The number of phenols is 1. The van der Waals surface area contributed by atoms with Crippen molar-refractivity contribution >= 4 is 5.78 Å². The van der Waals surface area contributed by atoms with E-state index < -0.39 is 22.8 Å². The van der Waals surface area contributed by atoms with E-state index >= 15 is 0 Å². The van der Waals surface area contributed by atoms with E-state index in [1.54, 1.807) is 0 Å². The fraction of sp³-hybridized carbons (Fsp3) is 0.333. The molecule has 1 aromatic carbocycles. The molecule has 1 N–H and O–H groups in total. The third-order valence-electron chi connectivity index (χ3n) is 3.89. The molecule has 0 spiro atoms. The lowest BCUT2D eigenvalue weighted by Crippen LogP contribution is -2.33. The highest BCUT2D eigenvalue weighted by atomic mass is 19.1. The van der Waals surface area contributed by atoms with Crippen LogP contribution in [0.15, 0.2) is 18.2 Å². The molecule has 4 nitrogen and oxygen atoms in total. The molecule has 1 aromatic heterocycles. The summed E-state index contributed by atoms with van der Waals surface area (Å²) in [7, 11) is 0. The Morgan fingerprint density at radius 3 is 2.67 bits per heavy atom. The molecule has 0 unspecified atom stereocenters. The van der Waals surface area contributed by atoms with Crippen molar-refractivity contribution in [3.63, 3.8) is 0 Å². The number of aromatic nitrogens is 2. The van der Waals surface area contributed by atoms with Gasteiger partial charge in [0.15, 0.2) is 17.3 Å². The van der Waals surface area contributed by atoms with Gasteiger partial charge < -0.3 is 5.11 Å². The summed E-state index contributed by atoms with van der Waals surface area (Å²) in [5, 5.41) is 13.3. The number of hydrogen-bond acceptors (Lipinski definition) is 3. The first kappa shape index (κ1) is 13.7. The Kier molecular flexibility index (Phi) is 2.86. The number of Topliss-reactive ketones (excluding diaryl/α,β-unsaturated/α-hetero) is 1. The Labute approximate surface area is 120 Å². The number of hydrogen-bond donors (Lipinski definition) is 1. The van der Waals surface area contributed by atoms with E-state index in [1.807, 2.05) is 13.8 Å². The Balaban J connectivity index is 2.11.